The van der Waals surface area contributed by atoms with Crippen molar-refractivity contribution in [2.75, 3.05) is 13.1 Å². The fraction of sp³-hybridized carbons (Fsp3) is 0.429. The third-order valence-electron chi connectivity index (χ3n) is 3.24. The van der Waals surface area contributed by atoms with Gasteiger partial charge in [-0.05, 0) is 18.4 Å². The highest BCUT2D eigenvalue weighted by molar-refractivity contribution is 5.86. The van der Waals surface area contributed by atoms with E-state index < -0.39 is 6.04 Å². The van der Waals surface area contributed by atoms with Gasteiger partial charge in [0.2, 0.25) is 5.91 Å². The molecule has 1 fully saturated rings. The summed E-state index contributed by atoms with van der Waals surface area (Å²) in [4.78, 5) is 25.1. The number of rotatable bonds is 4. The van der Waals surface area contributed by atoms with E-state index in [0.29, 0.717) is 13.0 Å². The van der Waals surface area contributed by atoms with Crippen LogP contribution >= 0.6 is 0 Å². The first-order valence-electron chi connectivity index (χ1n) is 6.42. The molecular formula is C14H18N2O3. The zero-order valence-corrected chi connectivity index (χ0v) is 10.7. The maximum absolute atomic E-state index is 12.0. The quantitative estimate of drug-likeness (QED) is 0.810. The molecule has 0 unspecified atom stereocenters. The summed E-state index contributed by atoms with van der Waals surface area (Å²) in [5.41, 5.74) is 6.27. The number of likely N-dealkylation sites (tertiary alicyclic amines) is 1. The van der Waals surface area contributed by atoms with Crippen molar-refractivity contribution < 1.29 is 14.3 Å². The van der Waals surface area contributed by atoms with Crippen LogP contribution < -0.4 is 5.73 Å². The summed E-state index contributed by atoms with van der Waals surface area (Å²) >= 11 is 0. The molecule has 1 aromatic rings. The van der Waals surface area contributed by atoms with Crippen LogP contribution in [0.15, 0.2) is 30.3 Å². The highest BCUT2D eigenvalue weighted by Gasteiger charge is 2.34. The van der Waals surface area contributed by atoms with Crippen LogP contribution in [0.25, 0.3) is 0 Å². The molecule has 102 valence electrons. The molecular weight excluding hydrogens is 244 g/mol. The lowest BCUT2D eigenvalue weighted by Gasteiger charge is -2.22. The maximum atomic E-state index is 12.0. The van der Waals surface area contributed by atoms with Crippen molar-refractivity contribution in [1.82, 2.24) is 4.90 Å². The maximum Gasteiger partial charge on any atom is 0.329 e. The summed E-state index contributed by atoms with van der Waals surface area (Å²) in [6.45, 7) is 0.754. The smallest absolute Gasteiger partial charge is 0.329 e. The van der Waals surface area contributed by atoms with Gasteiger partial charge < -0.3 is 15.4 Å². The van der Waals surface area contributed by atoms with Gasteiger partial charge in [0.1, 0.15) is 12.6 Å². The molecule has 1 heterocycles. The predicted octanol–water partition coefficient (Wildman–Crippen LogP) is 0.679. The van der Waals surface area contributed by atoms with Crippen LogP contribution in [0.4, 0.5) is 0 Å². The minimum atomic E-state index is -0.472. The number of carbonyl (C=O) groups is 2. The SMILES string of the molecule is NCC(=O)N1CCC[C@@H]1C(=O)OCc1ccccc1. The first-order chi connectivity index (χ1) is 9.22. The molecule has 1 amide bonds. The van der Waals surface area contributed by atoms with E-state index in [0.717, 1.165) is 12.0 Å². The molecule has 0 aromatic heterocycles. The van der Waals surface area contributed by atoms with Crippen molar-refractivity contribution in [2.45, 2.75) is 25.5 Å². The van der Waals surface area contributed by atoms with Crippen LogP contribution in [0.2, 0.25) is 0 Å². The molecule has 1 aliphatic rings. The Morgan fingerprint density at radius 1 is 1.32 bits per heavy atom. The highest BCUT2D eigenvalue weighted by Crippen LogP contribution is 2.19. The molecule has 1 saturated heterocycles. The summed E-state index contributed by atoms with van der Waals surface area (Å²) < 4.78 is 5.26. The van der Waals surface area contributed by atoms with Crippen LogP contribution in [0, 0.1) is 0 Å². The molecule has 0 saturated carbocycles. The highest BCUT2D eigenvalue weighted by atomic mass is 16.5. The van der Waals surface area contributed by atoms with Crippen molar-refractivity contribution in [3.05, 3.63) is 35.9 Å². The van der Waals surface area contributed by atoms with Gasteiger partial charge >= 0.3 is 5.97 Å². The number of esters is 1. The van der Waals surface area contributed by atoms with Gasteiger partial charge in [0.15, 0.2) is 0 Å². The Kier molecular flexibility index (Phi) is 4.52. The topological polar surface area (TPSA) is 72.6 Å². The van der Waals surface area contributed by atoms with E-state index in [1.165, 1.54) is 4.90 Å². The van der Waals surface area contributed by atoms with Crippen molar-refractivity contribution in [3.63, 3.8) is 0 Å². The number of nitrogens with zero attached hydrogens (tertiary/aromatic N) is 1. The molecule has 1 aliphatic heterocycles. The van der Waals surface area contributed by atoms with E-state index >= 15 is 0 Å². The molecule has 0 spiro atoms. The number of amides is 1. The second-order valence-electron chi connectivity index (χ2n) is 4.54. The van der Waals surface area contributed by atoms with E-state index in [1.807, 2.05) is 30.3 Å². The van der Waals surface area contributed by atoms with E-state index in [4.69, 9.17) is 10.5 Å². The van der Waals surface area contributed by atoms with Gasteiger partial charge in [-0.3, -0.25) is 4.79 Å². The molecule has 0 aliphatic carbocycles. The van der Waals surface area contributed by atoms with Gasteiger partial charge in [-0.2, -0.15) is 0 Å². The summed E-state index contributed by atoms with van der Waals surface area (Å²) in [5.74, 6) is -0.540. The number of hydrogen-bond donors (Lipinski definition) is 1. The largest absolute Gasteiger partial charge is 0.459 e. The van der Waals surface area contributed by atoms with E-state index in [1.54, 1.807) is 0 Å². The number of ether oxygens (including phenoxy) is 1. The molecule has 1 atom stereocenters. The third-order valence-corrected chi connectivity index (χ3v) is 3.24. The minimum absolute atomic E-state index is 0.0670. The molecule has 5 nitrogen and oxygen atoms in total. The number of hydrogen-bond acceptors (Lipinski definition) is 4. The van der Waals surface area contributed by atoms with E-state index in [9.17, 15) is 9.59 Å². The van der Waals surface area contributed by atoms with Crippen LogP contribution in [0.3, 0.4) is 0 Å². The molecule has 0 radical (unpaired) electrons. The normalized spacial score (nSPS) is 18.4. The summed E-state index contributed by atoms with van der Waals surface area (Å²) in [6, 6.07) is 9.01. The van der Waals surface area contributed by atoms with Crippen LogP contribution in [0.5, 0.6) is 0 Å². The lowest BCUT2D eigenvalue weighted by atomic mass is 10.2. The van der Waals surface area contributed by atoms with Gasteiger partial charge in [-0.15, -0.1) is 0 Å². The third kappa shape index (κ3) is 3.32. The monoisotopic (exact) mass is 262 g/mol. The number of carbonyl (C=O) groups excluding carboxylic acids is 2. The van der Waals surface area contributed by atoms with E-state index in [2.05, 4.69) is 0 Å². The summed E-state index contributed by atoms with van der Waals surface area (Å²) in [5, 5.41) is 0. The Hall–Kier alpha value is -1.88. The zero-order chi connectivity index (χ0) is 13.7. The second-order valence-corrected chi connectivity index (χ2v) is 4.54. The fourth-order valence-corrected chi connectivity index (χ4v) is 2.25. The van der Waals surface area contributed by atoms with Crippen LogP contribution in [0.1, 0.15) is 18.4 Å². The van der Waals surface area contributed by atoms with Crippen molar-refractivity contribution in [3.8, 4) is 0 Å². The second kappa shape index (κ2) is 6.33. The number of nitrogens with two attached hydrogens (primary N) is 1. The van der Waals surface area contributed by atoms with Gasteiger partial charge in [-0.25, -0.2) is 4.79 Å². The van der Waals surface area contributed by atoms with Gasteiger partial charge in [-0.1, -0.05) is 30.3 Å². The Balaban J connectivity index is 1.90. The predicted molar refractivity (Wildman–Crippen MR) is 70.0 cm³/mol. The average molecular weight is 262 g/mol. The fourth-order valence-electron chi connectivity index (χ4n) is 2.25. The van der Waals surface area contributed by atoms with Gasteiger partial charge in [0, 0.05) is 6.54 Å². The lowest BCUT2D eigenvalue weighted by Crippen LogP contribution is -2.44. The first kappa shape index (κ1) is 13.5. The molecule has 19 heavy (non-hydrogen) atoms. The lowest BCUT2D eigenvalue weighted by molar-refractivity contribution is -0.154. The van der Waals surface area contributed by atoms with Gasteiger partial charge in [0.25, 0.3) is 0 Å². The van der Waals surface area contributed by atoms with E-state index in [-0.39, 0.29) is 25.0 Å². The zero-order valence-electron chi connectivity index (χ0n) is 10.7. The molecule has 5 heteroatoms. The van der Waals surface area contributed by atoms with Crippen LogP contribution in [-0.4, -0.2) is 35.9 Å². The average Bonchev–Trinajstić information content (AvgIpc) is 2.94. The summed E-state index contributed by atoms with van der Waals surface area (Å²) in [6.07, 6.45) is 1.47. The Labute approximate surface area is 112 Å². The Morgan fingerprint density at radius 2 is 2.05 bits per heavy atom. The Morgan fingerprint density at radius 3 is 2.74 bits per heavy atom. The van der Waals surface area contributed by atoms with Gasteiger partial charge in [0.05, 0.1) is 6.54 Å². The van der Waals surface area contributed by atoms with Crippen molar-refractivity contribution in [1.29, 1.82) is 0 Å². The molecule has 2 N–H and O–H groups in total. The van der Waals surface area contributed by atoms with Crippen molar-refractivity contribution in [2.24, 2.45) is 5.73 Å². The number of benzene rings is 1. The molecule has 0 bridgehead atoms. The van der Waals surface area contributed by atoms with Crippen LogP contribution in [-0.2, 0) is 20.9 Å². The standard InChI is InChI=1S/C14H18N2O3/c15-9-13(17)16-8-4-7-12(16)14(18)19-10-11-5-2-1-3-6-11/h1-3,5-6,12H,4,7-10,15H2/t12-/m1/s1. The molecule has 2 rings (SSSR count). The van der Waals surface area contributed by atoms with Crippen molar-refractivity contribution >= 4 is 11.9 Å². The Bertz CT molecular complexity index is 447. The molecule has 1 aromatic carbocycles. The first-order valence-corrected chi connectivity index (χ1v) is 6.42. The summed E-state index contributed by atoms with van der Waals surface area (Å²) in [7, 11) is 0. The minimum Gasteiger partial charge on any atom is -0.459 e.